The Kier molecular flexibility index (Phi) is 5.68. The summed E-state index contributed by atoms with van der Waals surface area (Å²) < 4.78 is 35.4. The number of benzene rings is 3. The van der Waals surface area contributed by atoms with E-state index in [9.17, 15) is 23.8 Å². The Hall–Kier alpha value is -3.71. The second-order valence-electron chi connectivity index (χ2n) is 8.55. The first-order valence-electron chi connectivity index (χ1n) is 10.3. The van der Waals surface area contributed by atoms with Gasteiger partial charge in [-0.15, -0.1) is 0 Å². The topological polar surface area (TPSA) is 71.7 Å². The maximum absolute atomic E-state index is 14.5. The lowest BCUT2D eigenvalue weighted by Gasteiger charge is -2.28. The van der Waals surface area contributed by atoms with Crippen LogP contribution in [0.15, 0.2) is 60.7 Å². The molecular formula is C26H23F2NO4. The van der Waals surface area contributed by atoms with Gasteiger partial charge in [0.15, 0.2) is 0 Å². The second kappa shape index (κ2) is 8.33. The third-order valence-electron chi connectivity index (χ3n) is 5.66. The van der Waals surface area contributed by atoms with Gasteiger partial charge < -0.3 is 19.5 Å². The molecule has 0 aliphatic heterocycles. The van der Waals surface area contributed by atoms with Gasteiger partial charge in [-0.2, -0.15) is 0 Å². The average molecular weight is 451 g/mol. The fourth-order valence-corrected chi connectivity index (χ4v) is 4.35. The number of aromatic carboxylic acids is 1. The fraction of sp³-hybridized carbons (Fsp3) is 0.192. The summed E-state index contributed by atoms with van der Waals surface area (Å²) in [6.45, 7) is 4.20. The van der Waals surface area contributed by atoms with Gasteiger partial charge in [0.2, 0.25) is 0 Å². The number of hydrogen-bond acceptors (Lipinski definition) is 3. The molecule has 0 unspecified atom stereocenters. The predicted molar refractivity (Wildman–Crippen MR) is 122 cm³/mol. The number of aromatic nitrogens is 1. The second-order valence-corrected chi connectivity index (χ2v) is 8.55. The van der Waals surface area contributed by atoms with E-state index in [0.717, 1.165) is 6.07 Å². The maximum atomic E-state index is 14.5. The molecule has 0 atom stereocenters. The van der Waals surface area contributed by atoms with Gasteiger partial charge in [0.05, 0.1) is 23.1 Å². The van der Waals surface area contributed by atoms with E-state index in [1.807, 2.05) is 13.8 Å². The molecule has 4 rings (SSSR count). The molecule has 1 aromatic heterocycles. The first kappa shape index (κ1) is 22.5. The number of phenolic OH excluding ortho intramolecular Hbond substituents is 1. The number of ether oxygens (including phenoxy) is 1. The van der Waals surface area contributed by atoms with Gasteiger partial charge >= 0.3 is 5.97 Å². The third-order valence-corrected chi connectivity index (χ3v) is 5.66. The minimum atomic E-state index is -1.06. The van der Waals surface area contributed by atoms with E-state index >= 15 is 0 Å². The van der Waals surface area contributed by atoms with Crippen LogP contribution in [0.25, 0.3) is 27.7 Å². The molecule has 170 valence electrons. The number of carbonyl (C=O) groups is 1. The highest BCUT2D eigenvalue weighted by Gasteiger charge is 2.33. The maximum Gasteiger partial charge on any atom is 0.335 e. The number of methoxy groups -OCH3 is 1. The number of nitrogens with zero attached hydrogens (tertiary/aromatic N) is 1. The molecule has 0 fully saturated rings. The Labute approximate surface area is 189 Å². The van der Waals surface area contributed by atoms with Crippen LogP contribution in [0.3, 0.4) is 0 Å². The predicted octanol–water partition coefficient (Wildman–Crippen LogP) is 5.90. The molecule has 0 spiro atoms. The largest absolute Gasteiger partial charge is 0.507 e. The normalized spacial score (nSPS) is 11.8. The molecular weight excluding hydrogens is 428 g/mol. The summed E-state index contributed by atoms with van der Waals surface area (Å²) >= 11 is 0. The van der Waals surface area contributed by atoms with Crippen LogP contribution in [0.2, 0.25) is 0 Å². The Morgan fingerprint density at radius 1 is 1.00 bits per heavy atom. The lowest BCUT2D eigenvalue weighted by Crippen LogP contribution is -2.27. The highest BCUT2D eigenvalue weighted by Crippen LogP contribution is 2.46. The van der Waals surface area contributed by atoms with Crippen molar-refractivity contribution in [3.63, 3.8) is 0 Å². The zero-order valence-electron chi connectivity index (χ0n) is 18.4. The van der Waals surface area contributed by atoms with Crippen LogP contribution in [0, 0.1) is 11.6 Å². The number of rotatable bonds is 6. The van der Waals surface area contributed by atoms with Gasteiger partial charge in [-0.3, -0.25) is 0 Å². The number of halogens is 2. The van der Waals surface area contributed by atoms with E-state index in [0.29, 0.717) is 40.0 Å². The van der Waals surface area contributed by atoms with E-state index in [-0.39, 0.29) is 11.3 Å². The Morgan fingerprint density at radius 2 is 1.64 bits per heavy atom. The Balaban J connectivity index is 2.17. The van der Waals surface area contributed by atoms with Crippen molar-refractivity contribution in [1.82, 2.24) is 4.57 Å². The van der Waals surface area contributed by atoms with Gasteiger partial charge in [0.1, 0.15) is 17.4 Å². The van der Waals surface area contributed by atoms with Crippen molar-refractivity contribution < 1.29 is 28.5 Å². The quantitative estimate of drug-likeness (QED) is 0.383. The minimum absolute atomic E-state index is 0.119. The van der Waals surface area contributed by atoms with Gasteiger partial charge in [0.25, 0.3) is 0 Å². The molecule has 0 saturated heterocycles. The first-order chi connectivity index (χ1) is 15.6. The highest BCUT2D eigenvalue weighted by atomic mass is 19.1. The van der Waals surface area contributed by atoms with Crippen LogP contribution in [-0.2, 0) is 10.2 Å². The molecule has 0 aliphatic rings. The Morgan fingerprint density at radius 3 is 2.21 bits per heavy atom. The third kappa shape index (κ3) is 3.96. The molecule has 4 aromatic rings. The molecule has 2 N–H and O–H groups in total. The van der Waals surface area contributed by atoms with E-state index in [2.05, 4.69) is 0 Å². The molecule has 0 aliphatic carbocycles. The number of aromatic hydroxyl groups is 1. The minimum Gasteiger partial charge on any atom is -0.507 e. The molecule has 0 saturated carbocycles. The summed E-state index contributed by atoms with van der Waals surface area (Å²) in [5.41, 5.74) is 2.43. The van der Waals surface area contributed by atoms with Crippen LogP contribution in [-0.4, -0.2) is 34.5 Å². The molecule has 7 heteroatoms. The number of carboxylic acids is 1. The van der Waals surface area contributed by atoms with Crippen molar-refractivity contribution in [3.8, 4) is 22.6 Å². The molecule has 33 heavy (non-hydrogen) atoms. The summed E-state index contributed by atoms with van der Waals surface area (Å²) in [5.74, 6) is -2.34. The van der Waals surface area contributed by atoms with Crippen molar-refractivity contribution in [1.29, 1.82) is 0 Å². The lowest BCUT2D eigenvalue weighted by atomic mass is 9.84. The summed E-state index contributed by atoms with van der Waals surface area (Å²) in [6.07, 6.45) is 0. The highest BCUT2D eigenvalue weighted by molar-refractivity contribution is 6.04. The van der Waals surface area contributed by atoms with Crippen molar-refractivity contribution in [2.45, 2.75) is 19.3 Å². The smallest absolute Gasteiger partial charge is 0.335 e. The van der Waals surface area contributed by atoms with Crippen LogP contribution in [0.1, 0.15) is 29.9 Å². The molecule has 0 amide bonds. The van der Waals surface area contributed by atoms with Crippen LogP contribution in [0.4, 0.5) is 8.78 Å². The van der Waals surface area contributed by atoms with Crippen molar-refractivity contribution >= 4 is 16.9 Å². The summed E-state index contributed by atoms with van der Waals surface area (Å²) in [4.78, 5) is 11.3. The number of carboxylic acid groups (broad SMARTS) is 1. The fourth-order valence-electron chi connectivity index (χ4n) is 4.35. The number of phenols is 1. The summed E-state index contributed by atoms with van der Waals surface area (Å²) in [7, 11) is 1.57. The molecule has 1 heterocycles. The van der Waals surface area contributed by atoms with Crippen molar-refractivity contribution in [2.75, 3.05) is 13.7 Å². The van der Waals surface area contributed by atoms with Gasteiger partial charge in [-0.25, -0.2) is 13.6 Å². The van der Waals surface area contributed by atoms with Crippen LogP contribution >= 0.6 is 0 Å². The Bertz CT molecular complexity index is 1340. The van der Waals surface area contributed by atoms with Gasteiger partial charge in [-0.1, -0.05) is 26.0 Å². The average Bonchev–Trinajstić information content (AvgIpc) is 3.10. The molecule has 0 radical (unpaired) electrons. The number of fused-ring (bicyclic) bond motifs is 1. The van der Waals surface area contributed by atoms with E-state index in [4.69, 9.17) is 4.74 Å². The summed E-state index contributed by atoms with van der Waals surface area (Å²) in [5, 5.41) is 20.5. The summed E-state index contributed by atoms with van der Waals surface area (Å²) in [6, 6.07) is 14.4. The van der Waals surface area contributed by atoms with Crippen LogP contribution in [0.5, 0.6) is 5.75 Å². The molecule has 5 nitrogen and oxygen atoms in total. The van der Waals surface area contributed by atoms with Gasteiger partial charge in [-0.05, 0) is 48.0 Å². The zero-order valence-corrected chi connectivity index (χ0v) is 18.4. The van der Waals surface area contributed by atoms with Crippen molar-refractivity contribution in [2.24, 2.45) is 0 Å². The van der Waals surface area contributed by atoms with Gasteiger partial charge in [0, 0.05) is 35.5 Å². The molecule has 3 aromatic carbocycles. The molecule has 0 bridgehead atoms. The first-order valence-corrected chi connectivity index (χ1v) is 10.3. The van der Waals surface area contributed by atoms with E-state index < -0.39 is 23.0 Å². The standard InChI is InChI=1S/C26H23F2NO4/c1-26(2,14-33-3)24-22(15-4-6-16(7-5-15)25(31)32)23-20(12-18(28)13-21(23)30)29(24)19-10-8-17(27)9-11-19/h4-13,30H,14H2,1-3H3,(H,31,32). The monoisotopic (exact) mass is 451 g/mol. The lowest BCUT2D eigenvalue weighted by molar-refractivity contribution is 0.0697. The zero-order chi connectivity index (χ0) is 23.9. The van der Waals surface area contributed by atoms with E-state index in [1.54, 1.807) is 35.9 Å². The number of hydrogen-bond donors (Lipinski definition) is 2. The SMILES string of the molecule is COCC(C)(C)c1c(-c2ccc(C(=O)O)cc2)c2c(O)cc(F)cc2n1-c1ccc(F)cc1. The van der Waals surface area contributed by atoms with Crippen LogP contribution < -0.4 is 0 Å². The van der Waals surface area contributed by atoms with E-state index in [1.165, 1.54) is 30.3 Å². The van der Waals surface area contributed by atoms with Crippen molar-refractivity contribution in [3.05, 3.63) is 83.6 Å².